The molecule has 116 valence electrons. The Bertz CT molecular complexity index is 585. The third-order valence-electron chi connectivity index (χ3n) is 3.82. The van der Waals surface area contributed by atoms with Crippen molar-refractivity contribution in [2.45, 2.75) is 26.0 Å². The Labute approximate surface area is 132 Å². The van der Waals surface area contributed by atoms with Crippen molar-refractivity contribution in [1.82, 2.24) is 4.90 Å². The fourth-order valence-electron chi connectivity index (χ4n) is 2.83. The maximum atomic E-state index is 6.08. The molecule has 0 spiro atoms. The molecule has 0 N–H and O–H groups in total. The molecule has 0 bridgehead atoms. The number of hydrogen-bond acceptors (Lipinski definition) is 3. The van der Waals surface area contributed by atoms with Gasteiger partial charge in [0, 0.05) is 13.1 Å². The molecule has 2 aromatic carbocycles. The van der Waals surface area contributed by atoms with Crippen molar-refractivity contribution in [2.24, 2.45) is 0 Å². The van der Waals surface area contributed by atoms with Crippen LogP contribution in [0.2, 0.25) is 0 Å². The predicted octanol–water partition coefficient (Wildman–Crippen LogP) is 3.74. The third kappa shape index (κ3) is 3.80. The van der Waals surface area contributed by atoms with Crippen LogP contribution in [0.25, 0.3) is 0 Å². The second-order valence-electron chi connectivity index (χ2n) is 5.72. The number of fused-ring (bicyclic) bond motifs is 1. The minimum atomic E-state index is 0.0881. The number of para-hydroxylation sites is 2. The van der Waals surface area contributed by atoms with Gasteiger partial charge in [0.25, 0.3) is 0 Å². The molecule has 0 aromatic heterocycles. The molecule has 1 aliphatic rings. The number of ether oxygens (including phenoxy) is 2. The van der Waals surface area contributed by atoms with E-state index in [1.807, 2.05) is 24.3 Å². The van der Waals surface area contributed by atoms with Crippen LogP contribution in [0.5, 0.6) is 11.5 Å². The van der Waals surface area contributed by atoms with E-state index in [1.165, 1.54) is 5.56 Å². The summed E-state index contributed by atoms with van der Waals surface area (Å²) in [6, 6.07) is 18.5. The standard InChI is InChI=1S/C19H23NO2/c1-2-12-20(13-16-8-4-3-5-9-16)14-17-15-21-18-10-6-7-11-19(18)22-17/h3-11,17H,2,12-15H2,1H3. The molecule has 1 heterocycles. The van der Waals surface area contributed by atoms with Crippen molar-refractivity contribution >= 4 is 0 Å². The monoisotopic (exact) mass is 297 g/mol. The van der Waals surface area contributed by atoms with Crippen LogP contribution in [0.4, 0.5) is 0 Å². The Hall–Kier alpha value is -2.00. The number of benzene rings is 2. The molecule has 0 saturated carbocycles. The Morgan fingerprint density at radius 3 is 2.50 bits per heavy atom. The second kappa shape index (κ2) is 7.32. The molecular formula is C19H23NO2. The zero-order chi connectivity index (χ0) is 15.2. The molecule has 3 rings (SSSR count). The van der Waals surface area contributed by atoms with E-state index in [0.717, 1.165) is 37.6 Å². The fourth-order valence-corrected chi connectivity index (χ4v) is 2.83. The minimum absolute atomic E-state index is 0.0881. The van der Waals surface area contributed by atoms with Crippen molar-refractivity contribution in [3.05, 3.63) is 60.2 Å². The van der Waals surface area contributed by atoms with E-state index in [1.54, 1.807) is 0 Å². The van der Waals surface area contributed by atoms with Gasteiger partial charge in [0.05, 0.1) is 0 Å². The van der Waals surface area contributed by atoms with Gasteiger partial charge in [0.15, 0.2) is 11.5 Å². The molecule has 22 heavy (non-hydrogen) atoms. The lowest BCUT2D eigenvalue weighted by Crippen LogP contribution is -2.41. The molecule has 0 radical (unpaired) electrons. The fraction of sp³-hybridized carbons (Fsp3) is 0.368. The van der Waals surface area contributed by atoms with Gasteiger partial charge in [-0.1, -0.05) is 49.4 Å². The first-order valence-electron chi connectivity index (χ1n) is 8.00. The maximum Gasteiger partial charge on any atom is 0.161 e. The van der Waals surface area contributed by atoms with Crippen LogP contribution in [0.15, 0.2) is 54.6 Å². The van der Waals surface area contributed by atoms with Crippen molar-refractivity contribution in [3.63, 3.8) is 0 Å². The van der Waals surface area contributed by atoms with E-state index in [-0.39, 0.29) is 6.10 Å². The van der Waals surface area contributed by atoms with Gasteiger partial charge in [-0.05, 0) is 30.7 Å². The highest BCUT2D eigenvalue weighted by Crippen LogP contribution is 2.31. The molecule has 1 aliphatic heterocycles. The lowest BCUT2D eigenvalue weighted by atomic mass is 10.2. The molecule has 0 amide bonds. The quantitative estimate of drug-likeness (QED) is 0.811. The molecule has 3 nitrogen and oxygen atoms in total. The van der Waals surface area contributed by atoms with Gasteiger partial charge in [0.2, 0.25) is 0 Å². The van der Waals surface area contributed by atoms with Gasteiger partial charge in [-0.15, -0.1) is 0 Å². The zero-order valence-electron chi connectivity index (χ0n) is 13.1. The normalized spacial score (nSPS) is 16.7. The topological polar surface area (TPSA) is 21.7 Å². The van der Waals surface area contributed by atoms with Crippen LogP contribution in [0, 0.1) is 0 Å². The SMILES string of the molecule is CCCN(Cc1ccccc1)CC1COc2ccccc2O1. The molecule has 1 atom stereocenters. The summed E-state index contributed by atoms with van der Waals surface area (Å²) in [4.78, 5) is 2.44. The molecule has 2 aromatic rings. The van der Waals surface area contributed by atoms with Gasteiger partial charge in [-0.2, -0.15) is 0 Å². The highest BCUT2D eigenvalue weighted by molar-refractivity contribution is 5.40. The molecule has 0 fully saturated rings. The Morgan fingerprint density at radius 2 is 1.73 bits per heavy atom. The number of rotatable bonds is 6. The van der Waals surface area contributed by atoms with Crippen LogP contribution in [0.1, 0.15) is 18.9 Å². The average molecular weight is 297 g/mol. The number of hydrogen-bond donors (Lipinski definition) is 0. The molecule has 1 unspecified atom stereocenters. The highest BCUT2D eigenvalue weighted by atomic mass is 16.6. The van der Waals surface area contributed by atoms with E-state index in [4.69, 9.17) is 9.47 Å². The summed E-state index contributed by atoms with van der Waals surface area (Å²) >= 11 is 0. The van der Waals surface area contributed by atoms with E-state index in [9.17, 15) is 0 Å². The van der Waals surface area contributed by atoms with Crippen LogP contribution in [-0.4, -0.2) is 30.7 Å². The Balaban J connectivity index is 1.62. The summed E-state index contributed by atoms with van der Waals surface area (Å²) in [6.07, 6.45) is 1.22. The first-order valence-corrected chi connectivity index (χ1v) is 8.00. The Kier molecular flexibility index (Phi) is 4.96. The minimum Gasteiger partial charge on any atom is -0.486 e. The highest BCUT2D eigenvalue weighted by Gasteiger charge is 2.22. The zero-order valence-corrected chi connectivity index (χ0v) is 13.1. The summed E-state index contributed by atoms with van der Waals surface area (Å²) in [7, 11) is 0. The first kappa shape index (κ1) is 14.9. The van der Waals surface area contributed by atoms with Crippen molar-refractivity contribution in [1.29, 1.82) is 0 Å². The van der Waals surface area contributed by atoms with E-state index in [0.29, 0.717) is 6.61 Å². The molecular weight excluding hydrogens is 274 g/mol. The summed E-state index contributed by atoms with van der Waals surface area (Å²) in [6.45, 7) is 5.74. The Morgan fingerprint density at radius 1 is 1.00 bits per heavy atom. The van der Waals surface area contributed by atoms with Gasteiger partial charge in [-0.25, -0.2) is 0 Å². The van der Waals surface area contributed by atoms with Crippen molar-refractivity contribution in [2.75, 3.05) is 19.7 Å². The number of nitrogens with zero attached hydrogens (tertiary/aromatic N) is 1. The molecule has 3 heteroatoms. The first-order chi connectivity index (χ1) is 10.8. The van der Waals surface area contributed by atoms with Crippen LogP contribution in [-0.2, 0) is 6.54 Å². The third-order valence-corrected chi connectivity index (χ3v) is 3.82. The summed E-state index contributed by atoms with van der Waals surface area (Å²) in [5, 5.41) is 0. The van der Waals surface area contributed by atoms with E-state index >= 15 is 0 Å². The summed E-state index contributed by atoms with van der Waals surface area (Å²) in [5.41, 5.74) is 1.34. The summed E-state index contributed by atoms with van der Waals surface area (Å²) in [5.74, 6) is 1.71. The van der Waals surface area contributed by atoms with Gasteiger partial charge in [0.1, 0.15) is 12.7 Å². The lowest BCUT2D eigenvalue weighted by Gasteiger charge is -2.31. The van der Waals surface area contributed by atoms with Crippen LogP contribution >= 0.6 is 0 Å². The van der Waals surface area contributed by atoms with Gasteiger partial charge in [-0.3, -0.25) is 4.90 Å². The van der Waals surface area contributed by atoms with Crippen molar-refractivity contribution < 1.29 is 9.47 Å². The molecule has 0 aliphatic carbocycles. The predicted molar refractivity (Wildman–Crippen MR) is 88.4 cm³/mol. The van der Waals surface area contributed by atoms with Crippen molar-refractivity contribution in [3.8, 4) is 11.5 Å². The van der Waals surface area contributed by atoms with E-state index in [2.05, 4.69) is 42.2 Å². The van der Waals surface area contributed by atoms with Gasteiger partial charge < -0.3 is 9.47 Å². The van der Waals surface area contributed by atoms with Crippen LogP contribution < -0.4 is 9.47 Å². The largest absolute Gasteiger partial charge is 0.486 e. The van der Waals surface area contributed by atoms with Crippen LogP contribution in [0.3, 0.4) is 0 Å². The van der Waals surface area contributed by atoms with E-state index < -0.39 is 0 Å². The smallest absolute Gasteiger partial charge is 0.161 e. The van der Waals surface area contributed by atoms with Gasteiger partial charge >= 0.3 is 0 Å². The average Bonchev–Trinajstić information content (AvgIpc) is 2.56. The summed E-state index contributed by atoms with van der Waals surface area (Å²) < 4.78 is 11.9. The lowest BCUT2D eigenvalue weighted by molar-refractivity contribution is 0.0564. The molecule has 0 saturated heterocycles. The second-order valence-corrected chi connectivity index (χ2v) is 5.72. The maximum absolute atomic E-state index is 6.08.